The van der Waals surface area contributed by atoms with E-state index in [0.29, 0.717) is 5.56 Å². The Kier molecular flexibility index (Phi) is 5.02. The van der Waals surface area contributed by atoms with Gasteiger partial charge in [0.2, 0.25) is 0 Å². The number of pyridine rings is 1. The van der Waals surface area contributed by atoms with Crippen molar-refractivity contribution in [1.82, 2.24) is 4.98 Å². The van der Waals surface area contributed by atoms with Gasteiger partial charge in [-0.1, -0.05) is 0 Å². The van der Waals surface area contributed by atoms with E-state index in [4.69, 9.17) is 5.73 Å². The number of nitrogens with zero attached hydrogens (tertiary/aromatic N) is 1. The summed E-state index contributed by atoms with van der Waals surface area (Å²) < 4.78 is 4.51. The number of esters is 1. The van der Waals surface area contributed by atoms with E-state index in [9.17, 15) is 15.0 Å². The lowest BCUT2D eigenvalue weighted by molar-refractivity contribution is 0.0148. The summed E-state index contributed by atoms with van der Waals surface area (Å²) in [5.41, 5.74) is 5.78. The molecule has 0 spiro atoms. The largest absolute Gasteiger partial charge is 0.464 e. The monoisotopic (exact) mass is 240 g/mol. The van der Waals surface area contributed by atoms with E-state index in [1.807, 2.05) is 0 Å². The minimum Gasteiger partial charge on any atom is -0.464 e. The zero-order valence-electron chi connectivity index (χ0n) is 9.54. The molecule has 0 bridgehead atoms. The van der Waals surface area contributed by atoms with E-state index in [1.54, 1.807) is 0 Å². The van der Waals surface area contributed by atoms with Gasteiger partial charge in [0.15, 0.2) is 0 Å². The second kappa shape index (κ2) is 6.29. The summed E-state index contributed by atoms with van der Waals surface area (Å²) in [6.07, 6.45) is -0.408. The number of methoxy groups -OCH3 is 1. The molecular weight excluding hydrogens is 224 g/mol. The summed E-state index contributed by atoms with van der Waals surface area (Å²) in [5, 5.41) is 19.4. The van der Waals surface area contributed by atoms with Gasteiger partial charge in [0, 0.05) is 6.20 Å². The lowest BCUT2D eigenvalue weighted by Crippen LogP contribution is -2.22. The van der Waals surface area contributed by atoms with Gasteiger partial charge < -0.3 is 20.7 Å². The van der Waals surface area contributed by atoms with Gasteiger partial charge in [-0.05, 0) is 30.7 Å². The van der Waals surface area contributed by atoms with Crippen LogP contribution < -0.4 is 5.73 Å². The first-order valence-corrected chi connectivity index (χ1v) is 5.20. The molecular formula is C11H16N2O4. The molecule has 0 saturated carbocycles. The summed E-state index contributed by atoms with van der Waals surface area (Å²) in [7, 11) is 1.25. The Balaban J connectivity index is 2.87. The van der Waals surface area contributed by atoms with Gasteiger partial charge in [-0.2, -0.15) is 0 Å². The highest BCUT2D eigenvalue weighted by Gasteiger charge is 2.19. The van der Waals surface area contributed by atoms with E-state index in [-0.39, 0.29) is 18.7 Å². The molecule has 0 fully saturated rings. The van der Waals surface area contributed by atoms with E-state index in [0.717, 1.165) is 0 Å². The maximum Gasteiger partial charge on any atom is 0.356 e. The van der Waals surface area contributed by atoms with Crippen LogP contribution in [0.3, 0.4) is 0 Å². The number of carbonyl (C=O) groups excluding carboxylic acids is 1. The number of aliphatic hydroxyl groups is 2. The Morgan fingerprint density at radius 1 is 1.59 bits per heavy atom. The Morgan fingerprint density at radius 2 is 2.29 bits per heavy atom. The van der Waals surface area contributed by atoms with Gasteiger partial charge in [-0.15, -0.1) is 0 Å². The molecule has 6 heteroatoms. The van der Waals surface area contributed by atoms with Crippen LogP contribution in [-0.4, -0.2) is 40.9 Å². The Bertz CT molecular complexity index is 383. The molecule has 0 amide bonds. The van der Waals surface area contributed by atoms with Crippen LogP contribution in [0, 0.1) is 0 Å². The molecule has 4 N–H and O–H groups in total. The number of ether oxygens (including phenoxy) is 1. The number of rotatable bonds is 5. The number of hydrogen-bond acceptors (Lipinski definition) is 6. The summed E-state index contributed by atoms with van der Waals surface area (Å²) in [5.74, 6) is -0.590. The van der Waals surface area contributed by atoms with Crippen LogP contribution >= 0.6 is 0 Å². The highest BCUT2D eigenvalue weighted by Crippen LogP contribution is 2.19. The molecule has 0 saturated heterocycles. The molecule has 1 aromatic rings. The summed E-state index contributed by atoms with van der Waals surface area (Å²) in [6, 6.07) is 2.91. The van der Waals surface area contributed by atoms with Crippen molar-refractivity contribution < 1.29 is 19.7 Å². The van der Waals surface area contributed by atoms with Gasteiger partial charge in [0.25, 0.3) is 0 Å². The fraction of sp³-hybridized carbons (Fsp3) is 0.455. The van der Waals surface area contributed by atoms with Crippen molar-refractivity contribution in [3.63, 3.8) is 0 Å². The Labute approximate surface area is 99.0 Å². The predicted octanol–water partition coefficient (Wildman–Crippen LogP) is -0.389. The van der Waals surface area contributed by atoms with Crippen LogP contribution in [0.1, 0.15) is 28.6 Å². The average Bonchev–Trinajstić information content (AvgIpc) is 2.37. The van der Waals surface area contributed by atoms with Crippen molar-refractivity contribution in [2.75, 3.05) is 13.7 Å². The molecule has 0 aliphatic rings. The molecule has 6 nitrogen and oxygen atoms in total. The quantitative estimate of drug-likeness (QED) is 0.605. The number of nitrogens with two attached hydrogens (primary N) is 1. The summed E-state index contributed by atoms with van der Waals surface area (Å²) in [4.78, 5) is 15.0. The molecule has 2 atom stereocenters. The lowest BCUT2D eigenvalue weighted by atomic mass is 10.0. The number of carbonyl (C=O) groups is 1. The molecule has 0 aromatic carbocycles. The van der Waals surface area contributed by atoms with Crippen LogP contribution in [-0.2, 0) is 4.74 Å². The van der Waals surface area contributed by atoms with Crippen molar-refractivity contribution in [1.29, 1.82) is 0 Å². The smallest absolute Gasteiger partial charge is 0.356 e. The molecule has 2 unspecified atom stereocenters. The number of aromatic nitrogens is 1. The topological polar surface area (TPSA) is 106 Å². The number of hydrogen-bond donors (Lipinski definition) is 3. The summed E-state index contributed by atoms with van der Waals surface area (Å²) in [6.45, 7) is 0.271. The average molecular weight is 240 g/mol. The molecule has 94 valence electrons. The van der Waals surface area contributed by atoms with Crippen LogP contribution in [0.5, 0.6) is 0 Å². The van der Waals surface area contributed by atoms with Crippen molar-refractivity contribution in [3.8, 4) is 0 Å². The van der Waals surface area contributed by atoms with Crippen molar-refractivity contribution in [2.45, 2.75) is 18.6 Å². The van der Waals surface area contributed by atoms with Gasteiger partial charge >= 0.3 is 5.97 Å². The zero-order chi connectivity index (χ0) is 12.8. The normalized spacial score (nSPS) is 14.1. The third kappa shape index (κ3) is 3.48. The van der Waals surface area contributed by atoms with Crippen molar-refractivity contribution in [2.24, 2.45) is 5.73 Å². The van der Waals surface area contributed by atoms with Crippen LogP contribution in [0.2, 0.25) is 0 Å². The minimum absolute atomic E-state index is 0.0870. The molecule has 0 aliphatic heterocycles. The second-order valence-corrected chi connectivity index (χ2v) is 3.56. The molecule has 1 heterocycles. The van der Waals surface area contributed by atoms with Crippen LogP contribution in [0.4, 0.5) is 0 Å². The molecule has 17 heavy (non-hydrogen) atoms. The van der Waals surface area contributed by atoms with Crippen molar-refractivity contribution >= 4 is 5.97 Å². The standard InChI is InChI=1S/C11H16N2O4/c1-17-11(16)8-6-7(3-5-13-8)10(15)9(14)2-4-12/h3,5-6,9-10,14-15H,2,4,12H2,1H3. The third-order valence-electron chi connectivity index (χ3n) is 2.35. The molecule has 0 radical (unpaired) electrons. The first kappa shape index (κ1) is 13.6. The zero-order valence-corrected chi connectivity index (χ0v) is 9.54. The van der Waals surface area contributed by atoms with Crippen LogP contribution in [0.15, 0.2) is 18.3 Å². The van der Waals surface area contributed by atoms with Gasteiger partial charge in [0.1, 0.15) is 11.8 Å². The molecule has 1 aromatic heterocycles. The second-order valence-electron chi connectivity index (χ2n) is 3.56. The van der Waals surface area contributed by atoms with E-state index < -0.39 is 18.2 Å². The molecule has 0 aliphatic carbocycles. The highest BCUT2D eigenvalue weighted by atomic mass is 16.5. The minimum atomic E-state index is -1.09. The predicted molar refractivity (Wildman–Crippen MR) is 60.2 cm³/mol. The number of aliphatic hydroxyl groups excluding tert-OH is 2. The first-order chi connectivity index (χ1) is 8.10. The van der Waals surface area contributed by atoms with Gasteiger partial charge in [-0.25, -0.2) is 9.78 Å². The maximum absolute atomic E-state index is 11.2. The van der Waals surface area contributed by atoms with E-state index >= 15 is 0 Å². The highest BCUT2D eigenvalue weighted by molar-refractivity contribution is 5.87. The Hall–Kier alpha value is -1.50. The molecule has 1 rings (SSSR count). The van der Waals surface area contributed by atoms with Crippen molar-refractivity contribution in [3.05, 3.63) is 29.6 Å². The summed E-state index contributed by atoms with van der Waals surface area (Å²) >= 11 is 0. The fourth-order valence-electron chi connectivity index (χ4n) is 1.40. The lowest BCUT2D eigenvalue weighted by Gasteiger charge is -2.17. The van der Waals surface area contributed by atoms with E-state index in [2.05, 4.69) is 9.72 Å². The van der Waals surface area contributed by atoms with Gasteiger partial charge in [0.05, 0.1) is 13.2 Å². The Morgan fingerprint density at radius 3 is 2.88 bits per heavy atom. The first-order valence-electron chi connectivity index (χ1n) is 5.20. The third-order valence-corrected chi connectivity index (χ3v) is 2.35. The maximum atomic E-state index is 11.2. The fourth-order valence-corrected chi connectivity index (χ4v) is 1.40. The van der Waals surface area contributed by atoms with Crippen LogP contribution in [0.25, 0.3) is 0 Å². The van der Waals surface area contributed by atoms with Gasteiger partial charge in [-0.3, -0.25) is 0 Å². The SMILES string of the molecule is COC(=O)c1cc(C(O)C(O)CCN)ccn1. The van der Waals surface area contributed by atoms with E-state index in [1.165, 1.54) is 25.4 Å².